The summed E-state index contributed by atoms with van der Waals surface area (Å²) in [6.07, 6.45) is -1.32. The Morgan fingerprint density at radius 3 is 2.20 bits per heavy atom. The van der Waals surface area contributed by atoms with Crippen molar-refractivity contribution in [2.45, 2.75) is 32.9 Å². The highest BCUT2D eigenvalue weighted by molar-refractivity contribution is 5.95. The summed E-state index contributed by atoms with van der Waals surface area (Å²) in [7, 11) is 0. The van der Waals surface area contributed by atoms with E-state index in [0.717, 1.165) is 16.6 Å². The molecule has 7 nitrogen and oxygen atoms in total. The Kier molecular flexibility index (Phi) is 7.19. The number of nitrogens with zero attached hydrogens (tertiary/aromatic N) is 2. The lowest BCUT2D eigenvalue weighted by Gasteiger charge is -2.19. The van der Waals surface area contributed by atoms with Crippen molar-refractivity contribution in [2.24, 2.45) is 5.92 Å². The third-order valence-electron chi connectivity index (χ3n) is 4.77. The average Bonchev–Trinajstić information content (AvgIpc) is 3.11. The van der Waals surface area contributed by atoms with Crippen LogP contribution in [-0.4, -0.2) is 39.8 Å². The van der Waals surface area contributed by atoms with E-state index in [0.29, 0.717) is 12.4 Å². The Hall–Kier alpha value is -3.19. The largest absolute Gasteiger partial charge is 0.465 e. The van der Waals surface area contributed by atoms with E-state index in [9.17, 15) is 14.7 Å². The number of esters is 2. The van der Waals surface area contributed by atoms with Gasteiger partial charge in [0.2, 0.25) is 0 Å². The molecule has 0 radical (unpaired) electrons. The standard InChI is InChI=1S/C23H26N2O5/c1-3-29-22(27)17(23(28)30-4-2)14-20(26)21-24-18-12-8-9-13-19(18)25(21)15-16-10-6-5-7-11-16/h5-13,17,20,26H,3-4,14-15H2,1-2H3/t20-/m0/s1. The maximum atomic E-state index is 12.3. The predicted octanol–water partition coefficient (Wildman–Crippen LogP) is 3.25. The number of hydrogen-bond donors (Lipinski definition) is 1. The Morgan fingerprint density at radius 2 is 1.57 bits per heavy atom. The fourth-order valence-electron chi connectivity index (χ4n) is 3.38. The normalized spacial score (nSPS) is 12.1. The van der Waals surface area contributed by atoms with Gasteiger partial charge in [-0.2, -0.15) is 0 Å². The molecule has 0 aliphatic heterocycles. The predicted molar refractivity (Wildman–Crippen MR) is 112 cm³/mol. The fraction of sp³-hybridized carbons (Fsp3) is 0.348. The molecule has 158 valence electrons. The number of aliphatic hydroxyl groups is 1. The smallest absolute Gasteiger partial charge is 0.320 e. The van der Waals surface area contributed by atoms with Crippen LogP contribution in [0, 0.1) is 5.92 Å². The molecule has 0 spiro atoms. The van der Waals surface area contributed by atoms with Crippen molar-refractivity contribution < 1.29 is 24.2 Å². The van der Waals surface area contributed by atoms with Gasteiger partial charge in [0, 0.05) is 13.0 Å². The van der Waals surface area contributed by atoms with Gasteiger partial charge in [-0.25, -0.2) is 4.98 Å². The van der Waals surface area contributed by atoms with E-state index in [-0.39, 0.29) is 19.6 Å². The fourth-order valence-corrected chi connectivity index (χ4v) is 3.38. The van der Waals surface area contributed by atoms with E-state index < -0.39 is 24.0 Å². The van der Waals surface area contributed by atoms with Crippen molar-refractivity contribution in [3.05, 3.63) is 66.0 Å². The first-order chi connectivity index (χ1) is 14.5. The number of carbonyl (C=O) groups is 2. The summed E-state index contributed by atoms with van der Waals surface area (Å²) in [4.78, 5) is 29.2. The first kappa shape index (κ1) is 21.5. The van der Waals surface area contributed by atoms with Gasteiger partial charge in [-0.3, -0.25) is 9.59 Å². The van der Waals surface area contributed by atoms with Crippen LogP contribution in [0.2, 0.25) is 0 Å². The average molecular weight is 410 g/mol. The molecule has 0 amide bonds. The first-order valence-corrected chi connectivity index (χ1v) is 10.1. The minimum absolute atomic E-state index is 0.136. The number of hydrogen-bond acceptors (Lipinski definition) is 6. The second-order valence-electron chi connectivity index (χ2n) is 6.84. The zero-order chi connectivity index (χ0) is 21.5. The molecule has 0 saturated heterocycles. The SMILES string of the molecule is CCOC(=O)C(C[C@H](O)c1nc2ccccc2n1Cc1ccccc1)C(=O)OCC. The quantitative estimate of drug-likeness (QED) is 0.430. The zero-order valence-corrected chi connectivity index (χ0v) is 17.2. The molecule has 0 fully saturated rings. The summed E-state index contributed by atoms with van der Waals surface area (Å²) in [6.45, 7) is 4.09. The number of ether oxygens (including phenoxy) is 2. The number of aromatic nitrogens is 2. The Balaban J connectivity index is 1.94. The van der Waals surface area contributed by atoms with Crippen LogP contribution in [0.4, 0.5) is 0 Å². The Labute approximate surface area is 175 Å². The first-order valence-electron chi connectivity index (χ1n) is 10.1. The third-order valence-corrected chi connectivity index (χ3v) is 4.77. The van der Waals surface area contributed by atoms with E-state index in [4.69, 9.17) is 9.47 Å². The second kappa shape index (κ2) is 10.0. The zero-order valence-electron chi connectivity index (χ0n) is 17.2. The van der Waals surface area contributed by atoms with Gasteiger partial charge in [0.15, 0.2) is 5.92 Å². The van der Waals surface area contributed by atoms with Gasteiger partial charge in [-0.1, -0.05) is 42.5 Å². The lowest BCUT2D eigenvalue weighted by Crippen LogP contribution is -2.30. The second-order valence-corrected chi connectivity index (χ2v) is 6.84. The highest BCUT2D eigenvalue weighted by atomic mass is 16.6. The summed E-state index contributed by atoms with van der Waals surface area (Å²) in [6, 6.07) is 17.4. The maximum Gasteiger partial charge on any atom is 0.320 e. The molecule has 3 aromatic rings. The van der Waals surface area contributed by atoms with Gasteiger partial charge < -0.3 is 19.1 Å². The summed E-state index contributed by atoms with van der Waals surface area (Å²) < 4.78 is 11.9. The molecule has 7 heteroatoms. The van der Waals surface area contributed by atoms with Gasteiger partial charge >= 0.3 is 11.9 Å². The summed E-state index contributed by atoms with van der Waals surface area (Å²) >= 11 is 0. The highest BCUT2D eigenvalue weighted by Gasteiger charge is 2.34. The van der Waals surface area contributed by atoms with Crippen LogP contribution in [-0.2, 0) is 25.6 Å². The summed E-state index contributed by atoms with van der Waals surface area (Å²) in [5.74, 6) is -2.25. The molecule has 3 rings (SSSR count). The maximum absolute atomic E-state index is 12.3. The topological polar surface area (TPSA) is 90.6 Å². The molecule has 0 unspecified atom stereocenters. The van der Waals surface area contributed by atoms with E-state index in [1.807, 2.05) is 59.2 Å². The number of fused-ring (bicyclic) bond motifs is 1. The minimum Gasteiger partial charge on any atom is -0.465 e. The van der Waals surface area contributed by atoms with Crippen LogP contribution < -0.4 is 0 Å². The van der Waals surface area contributed by atoms with E-state index >= 15 is 0 Å². The van der Waals surface area contributed by atoms with Gasteiger partial charge in [0.1, 0.15) is 11.9 Å². The number of rotatable bonds is 9. The Bertz CT molecular complexity index is 981. The van der Waals surface area contributed by atoms with Crippen LogP contribution >= 0.6 is 0 Å². The molecule has 0 saturated carbocycles. The summed E-state index contributed by atoms with van der Waals surface area (Å²) in [5, 5.41) is 11.0. The van der Waals surface area contributed by atoms with Crippen molar-refractivity contribution in [3.63, 3.8) is 0 Å². The minimum atomic E-state index is -1.22. The monoisotopic (exact) mass is 410 g/mol. The van der Waals surface area contributed by atoms with Gasteiger partial charge in [0.05, 0.1) is 24.2 Å². The van der Waals surface area contributed by atoms with Gasteiger partial charge in [-0.15, -0.1) is 0 Å². The highest BCUT2D eigenvalue weighted by Crippen LogP contribution is 2.27. The molecule has 0 aliphatic rings. The number of benzene rings is 2. The Morgan fingerprint density at radius 1 is 0.967 bits per heavy atom. The van der Waals surface area contributed by atoms with Gasteiger partial charge in [0.25, 0.3) is 0 Å². The molecular formula is C23H26N2O5. The molecule has 1 N–H and O–H groups in total. The van der Waals surface area contributed by atoms with Crippen molar-refractivity contribution >= 4 is 23.0 Å². The van der Waals surface area contributed by atoms with Crippen molar-refractivity contribution in [1.29, 1.82) is 0 Å². The van der Waals surface area contributed by atoms with Crippen molar-refractivity contribution in [2.75, 3.05) is 13.2 Å². The van der Waals surface area contributed by atoms with Gasteiger partial charge in [-0.05, 0) is 31.5 Å². The number of aliphatic hydroxyl groups excluding tert-OH is 1. The molecular weight excluding hydrogens is 384 g/mol. The third kappa shape index (κ3) is 4.86. The molecule has 1 atom stereocenters. The molecule has 2 aromatic carbocycles. The van der Waals surface area contributed by atoms with E-state index in [1.165, 1.54) is 0 Å². The molecule has 30 heavy (non-hydrogen) atoms. The van der Waals surface area contributed by atoms with Crippen molar-refractivity contribution in [1.82, 2.24) is 9.55 Å². The van der Waals surface area contributed by atoms with Crippen LogP contribution in [0.25, 0.3) is 11.0 Å². The lowest BCUT2D eigenvalue weighted by atomic mass is 10.0. The van der Waals surface area contributed by atoms with E-state index in [2.05, 4.69) is 4.98 Å². The van der Waals surface area contributed by atoms with E-state index in [1.54, 1.807) is 13.8 Å². The molecule has 0 aliphatic carbocycles. The summed E-state index contributed by atoms with van der Waals surface area (Å²) in [5.41, 5.74) is 2.63. The van der Waals surface area contributed by atoms with Crippen LogP contribution in [0.5, 0.6) is 0 Å². The van der Waals surface area contributed by atoms with Crippen LogP contribution in [0.15, 0.2) is 54.6 Å². The molecule has 1 aromatic heterocycles. The number of para-hydroxylation sites is 2. The van der Waals surface area contributed by atoms with Crippen LogP contribution in [0.1, 0.15) is 37.8 Å². The number of imidazole rings is 1. The lowest BCUT2D eigenvalue weighted by molar-refractivity contribution is -0.163. The molecule has 1 heterocycles. The number of carbonyl (C=O) groups excluding carboxylic acids is 2. The van der Waals surface area contributed by atoms with Crippen LogP contribution in [0.3, 0.4) is 0 Å². The van der Waals surface area contributed by atoms with Crippen molar-refractivity contribution in [3.8, 4) is 0 Å². The molecule has 0 bridgehead atoms.